The molecule has 1 aliphatic heterocycles. The minimum atomic E-state index is 0.817. The van der Waals surface area contributed by atoms with E-state index >= 15 is 0 Å². The number of pyridine rings is 2. The van der Waals surface area contributed by atoms with Crippen LogP contribution in [0, 0.1) is 0 Å². The molecule has 0 bridgehead atoms. The van der Waals surface area contributed by atoms with Crippen molar-refractivity contribution < 1.29 is 0 Å². The summed E-state index contributed by atoms with van der Waals surface area (Å²) < 4.78 is 0. The summed E-state index contributed by atoms with van der Waals surface area (Å²) in [6, 6.07) is 6.21. The normalized spacial score (nSPS) is 14.6. The average molecular weight is 396 g/mol. The monoisotopic (exact) mass is 396 g/mol. The maximum absolute atomic E-state index is 4.70. The Morgan fingerprint density at radius 1 is 0.867 bits per heavy atom. The van der Waals surface area contributed by atoms with Gasteiger partial charge in [0.15, 0.2) is 0 Å². The summed E-state index contributed by atoms with van der Waals surface area (Å²) in [5, 5.41) is 9.81. The van der Waals surface area contributed by atoms with E-state index in [1.54, 1.807) is 18.6 Å². The van der Waals surface area contributed by atoms with Crippen molar-refractivity contribution in [1.82, 2.24) is 35.1 Å². The Hall–Kier alpha value is -3.81. The molecule has 0 unspecified atom stereocenters. The zero-order valence-electron chi connectivity index (χ0n) is 16.3. The van der Waals surface area contributed by atoms with Gasteiger partial charge in [-0.3, -0.25) is 10.1 Å². The predicted molar refractivity (Wildman–Crippen MR) is 116 cm³/mol. The molecule has 8 heteroatoms. The van der Waals surface area contributed by atoms with Crippen LogP contribution in [-0.4, -0.2) is 48.2 Å². The summed E-state index contributed by atoms with van der Waals surface area (Å²) in [6.07, 6.45) is 12.5. The lowest BCUT2D eigenvalue weighted by Crippen LogP contribution is -2.30. The Labute approximate surface area is 172 Å². The molecule has 8 nitrogen and oxygen atoms in total. The van der Waals surface area contributed by atoms with Crippen LogP contribution >= 0.6 is 0 Å². The van der Waals surface area contributed by atoms with Gasteiger partial charge in [0.25, 0.3) is 0 Å². The molecule has 6 rings (SSSR count). The highest BCUT2D eigenvalue weighted by atomic mass is 15.2. The van der Waals surface area contributed by atoms with Gasteiger partial charge in [0.05, 0.1) is 28.6 Å². The number of hydrogen-bond acceptors (Lipinski definition) is 6. The number of fused-ring (bicyclic) bond motifs is 2. The first-order valence-electron chi connectivity index (χ1n) is 10.2. The number of rotatable bonds is 3. The molecule has 5 aromatic heterocycles. The van der Waals surface area contributed by atoms with Gasteiger partial charge in [-0.25, -0.2) is 15.0 Å². The number of nitrogens with one attached hydrogen (secondary N) is 2. The van der Waals surface area contributed by atoms with E-state index in [0.29, 0.717) is 0 Å². The zero-order chi connectivity index (χ0) is 19.9. The van der Waals surface area contributed by atoms with Gasteiger partial charge in [-0.2, -0.15) is 5.10 Å². The smallest absolute Gasteiger partial charge is 0.137 e. The Balaban J connectivity index is 1.47. The van der Waals surface area contributed by atoms with Gasteiger partial charge in [-0.15, -0.1) is 0 Å². The molecule has 1 fully saturated rings. The van der Waals surface area contributed by atoms with E-state index in [0.717, 1.165) is 63.4 Å². The van der Waals surface area contributed by atoms with Crippen molar-refractivity contribution >= 4 is 27.6 Å². The van der Waals surface area contributed by atoms with Gasteiger partial charge in [-0.05, 0) is 37.5 Å². The van der Waals surface area contributed by atoms with Crippen molar-refractivity contribution in [2.45, 2.75) is 19.3 Å². The highest BCUT2D eigenvalue weighted by Gasteiger charge is 2.18. The van der Waals surface area contributed by atoms with E-state index < -0.39 is 0 Å². The van der Waals surface area contributed by atoms with Crippen molar-refractivity contribution in [3.63, 3.8) is 0 Å². The van der Waals surface area contributed by atoms with Gasteiger partial charge in [0.2, 0.25) is 0 Å². The van der Waals surface area contributed by atoms with E-state index in [1.165, 1.54) is 25.6 Å². The molecule has 2 N–H and O–H groups in total. The van der Waals surface area contributed by atoms with Gasteiger partial charge < -0.3 is 9.88 Å². The van der Waals surface area contributed by atoms with E-state index in [4.69, 9.17) is 4.98 Å². The summed E-state index contributed by atoms with van der Waals surface area (Å²) in [7, 11) is 0. The van der Waals surface area contributed by atoms with Crippen molar-refractivity contribution in [1.29, 1.82) is 0 Å². The maximum atomic E-state index is 4.70. The molecule has 5 aromatic rings. The molecule has 0 atom stereocenters. The lowest BCUT2D eigenvalue weighted by molar-refractivity contribution is 0.575. The lowest BCUT2D eigenvalue weighted by atomic mass is 10.1. The molecule has 1 saturated heterocycles. The van der Waals surface area contributed by atoms with Gasteiger partial charge in [0.1, 0.15) is 17.8 Å². The van der Waals surface area contributed by atoms with Gasteiger partial charge in [-0.1, -0.05) is 0 Å². The Bertz CT molecular complexity index is 1330. The van der Waals surface area contributed by atoms with Crippen LogP contribution in [0.2, 0.25) is 0 Å². The molecule has 0 saturated carbocycles. The third-order valence-corrected chi connectivity index (χ3v) is 5.74. The molecule has 0 spiro atoms. The number of hydrogen-bond donors (Lipinski definition) is 2. The predicted octanol–water partition coefficient (Wildman–Crippen LogP) is 3.95. The lowest BCUT2D eigenvalue weighted by Gasteiger charge is -2.28. The van der Waals surface area contributed by atoms with Crippen LogP contribution in [0.25, 0.3) is 44.5 Å². The Morgan fingerprint density at radius 3 is 2.60 bits per heavy atom. The molecule has 6 heterocycles. The third kappa shape index (κ3) is 2.80. The number of H-pyrrole nitrogens is 2. The van der Waals surface area contributed by atoms with E-state index in [-0.39, 0.29) is 0 Å². The molecule has 30 heavy (non-hydrogen) atoms. The second kappa shape index (κ2) is 6.91. The standard InChI is InChI=1S/C22H20N8/c1-2-6-30(7-3-1)22-16-9-19(27-17(16)4-5-25-22)21-15-8-18(14-10-23-13-24-11-14)26-12-20(15)28-29-21/h4-5,8-13,27H,1-3,6-7H2,(H,28,29). The summed E-state index contributed by atoms with van der Waals surface area (Å²) >= 11 is 0. The van der Waals surface area contributed by atoms with E-state index in [2.05, 4.69) is 41.1 Å². The Kier molecular flexibility index (Phi) is 3.93. The van der Waals surface area contributed by atoms with Crippen LogP contribution < -0.4 is 4.90 Å². The molecule has 0 aliphatic carbocycles. The topological polar surface area (TPSA) is 99.3 Å². The molecular formula is C22H20N8. The Morgan fingerprint density at radius 2 is 1.73 bits per heavy atom. The summed E-state index contributed by atoms with van der Waals surface area (Å²) in [5.74, 6) is 1.05. The first-order valence-corrected chi connectivity index (χ1v) is 10.2. The average Bonchev–Trinajstić information content (AvgIpc) is 3.43. The minimum Gasteiger partial charge on any atom is -0.356 e. The van der Waals surface area contributed by atoms with Crippen molar-refractivity contribution in [3.8, 4) is 22.6 Å². The number of piperidine rings is 1. The van der Waals surface area contributed by atoms with Crippen molar-refractivity contribution in [3.05, 3.63) is 49.3 Å². The van der Waals surface area contributed by atoms with E-state index in [1.807, 2.05) is 18.3 Å². The molecule has 0 radical (unpaired) electrons. The number of aromatic nitrogens is 7. The fourth-order valence-electron chi connectivity index (χ4n) is 4.24. The largest absolute Gasteiger partial charge is 0.356 e. The van der Waals surface area contributed by atoms with Gasteiger partial charge >= 0.3 is 0 Å². The van der Waals surface area contributed by atoms with Crippen LogP contribution in [0.3, 0.4) is 0 Å². The van der Waals surface area contributed by atoms with Crippen LogP contribution in [0.15, 0.2) is 49.3 Å². The maximum Gasteiger partial charge on any atom is 0.137 e. The van der Waals surface area contributed by atoms with Crippen LogP contribution in [0.4, 0.5) is 5.82 Å². The van der Waals surface area contributed by atoms with Crippen LogP contribution in [0.1, 0.15) is 19.3 Å². The molecule has 1 aliphatic rings. The van der Waals surface area contributed by atoms with Crippen molar-refractivity contribution in [2.24, 2.45) is 0 Å². The fraction of sp³-hybridized carbons (Fsp3) is 0.227. The SMILES string of the molecule is c1ncc(-c2cc3c(-c4cc5c(N6CCCCC6)nccc5[nH]4)n[nH]c3cn2)cn1. The quantitative estimate of drug-likeness (QED) is 0.479. The fourth-order valence-corrected chi connectivity index (χ4v) is 4.24. The zero-order valence-corrected chi connectivity index (χ0v) is 16.3. The third-order valence-electron chi connectivity index (χ3n) is 5.74. The second-order valence-corrected chi connectivity index (χ2v) is 7.64. The summed E-state index contributed by atoms with van der Waals surface area (Å²) in [6.45, 7) is 2.12. The number of anilines is 1. The number of aromatic amines is 2. The molecule has 0 aromatic carbocycles. The van der Waals surface area contributed by atoms with Crippen LogP contribution in [-0.2, 0) is 0 Å². The van der Waals surface area contributed by atoms with Crippen molar-refractivity contribution in [2.75, 3.05) is 18.0 Å². The van der Waals surface area contributed by atoms with E-state index in [9.17, 15) is 0 Å². The number of nitrogens with zero attached hydrogens (tertiary/aromatic N) is 6. The first-order chi connectivity index (χ1) is 14.9. The molecule has 0 amide bonds. The summed E-state index contributed by atoms with van der Waals surface area (Å²) in [4.78, 5) is 23.3. The second-order valence-electron chi connectivity index (χ2n) is 7.64. The highest BCUT2D eigenvalue weighted by Crippen LogP contribution is 2.33. The van der Waals surface area contributed by atoms with Crippen LogP contribution in [0.5, 0.6) is 0 Å². The highest BCUT2D eigenvalue weighted by molar-refractivity contribution is 5.99. The minimum absolute atomic E-state index is 0.817. The van der Waals surface area contributed by atoms with Gasteiger partial charge in [0, 0.05) is 48.0 Å². The molecule has 148 valence electrons. The summed E-state index contributed by atoms with van der Waals surface area (Å²) in [5.41, 5.74) is 5.48. The molecular weight excluding hydrogens is 376 g/mol. The first kappa shape index (κ1) is 17.1.